The number of carbonyl (C=O) groups excluding carboxylic acids is 1. The summed E-state index contributed by atoms with van der Waals surface area (Å²) in [7, 11) is 0. The first-order valence-corrected chi connectivity index (χ1v) is 7.50. The second-order valence-electron chi connectivity index (χ2n) is 4.89. The van der Waals surface area contributed by atoms with Crippen LogP contribution in [0.25, 0.3) is 11.3 Å². The highest BCUT2D eigenvalue weighted by Gasteiger charge is 2.05. The van der Waals surface area contributed by atoms with E-state index in [1.165, 1.54) is 0 Å². The van der Waals surface area contributed by atoms with Gasteiger partial charge < -0.3 is 11.1 Å². The summed E-state index contributed by atoms with van der Waals surface area (Å²) in [6.07, 6.45) is 1.15. The molecular formula is C15H19N3OS. The summed E-state index contributed by atoms with van der Waals surface area (Å²) in [6, 6.07) is 7.78. The number of anilines is 1. The number of amides is 1. The van der Waals surface area contributed by atoms with Gasteiger partial charge in [0.1, 0.15) is 0 Å². The van der Waals surface area contributed by atoms with Crippen LogP contribution in [-0.4, -0.2) is 16.9 Å². The van der Waals surface area contributed by atoms with E-state index < -0.39 is 0 Å². The molecule has 1 aromatic carbocycles. The van der Waals surface area contributed by atoms with Gasteiger partial charge in [-0.2, -0.15) is 0 Å². The van der Waals surface area contributed by atoms with E-state index in [1.54, 1.807) is 11.3 Å². The predicted molar refractivity (Wildman–Crippen MR) is 83.8 cm³/mol. The van der Waals surface area contributed by atoms with Crippen molar-refractivity contribution in [3.8, 4) is 11.3 Å². The number of nitrogens with zero attached hydrogens (tertiary/aromatic N) is 1. The Labute approximate surface area is 123 Å². The number of aryl methyl sites for hydroxylation is 1. The number of thiazole rings is 1. The number of hydrogen-bond donors (Lipinski definition) is 2. The molecular weight excluding hydrogens is 270 g/mol. The van der Waals surface area contributed by atoms with E-state index in [4.69, 9.17) is 5.73 Å². The van der Waals surface area contributed by atoms with E-state index in [2.05, 4.69) is 10.3 Å². The van der Waals surface area contributed by atoms with Gasteiger partial charge in [-0.05, 0) is 32.4 Å². The number of nitrogens with one attached hydrogen (secondary N) is 1. The normalized spacial score (nSPS) is 12.2. The van der Waals surface area contributed by atoms with Gasteiger partial charge in [0.2, 0.25) is 5.91 Å². The van der Waals surface area contributed by atoms with Gasteiger partial charge in [0.25, 0.3) is 0 Å². The summed E-state index contributed by atoms with van der Waals surface area (Å²) in [5.74, 6) is -0.000414. The molecule has 0 saturated heterocycles. The second kappa shape index (κ2) is 6.63. The Hall–Kier alpha value is -1.72. The van der Waals surface area contributed by atoms with Crippen molar-refractivity contribution in [1.82, 2.24) is 4.98 Å². The van der Waals surface area contributed by atoms with E-state index in [9.17, 15) is 4.79 Å². The van der Waals surface area contributed by atoms with Gasteiger partial charge in [-0.15, -0.1) is 11.3 Å². The maximum atomic E-state index is 11.7. The fourth-order valence-corrected chi connectivity index (χ4v) is 2.42. The minimum Gasteiger partial charge on any atom is -0.328 e. The van der Waals surface area contributed by atoms with Crippen molar-refractivity contribution >= 4 is 22.9 Å². The lowest BCUT2D eigenvalue weighted by atomic mass is 10.1. The van der Waals surface area contributed by atoms with Crippen molar-refractivity contribution in [3.05, 3.63) is 34.7 Å². The lowest BCUT2D eigenvalue weighted by Gasteiger charge is -2.07. The Morgan fingerprint density at radius 1 is 1.40 bits per heavy atom. The smallest absolute Gasteiger partial charge is 0.224 e. The summed E-state index contributed by atoms with van der Waals surface area (Å²) >= 11 is 1.63. The molecule has 20 heavy (non-hydrogen) atoms. The number of benzene rings is 1. The van der Waals surface area contributed by atoms with Crippen LogP contribution in [0.1, 0.15) is 24.8 Å². The van der Waals surface area contributed by atoms with Gasteiger partial charge in [-0.1, -0.05) is 12.1 Å². The SMILES string of the molecule is Cc1nc(-c2ccc(NC(=O)CCC(C)N)cc2)cs1. The molecule has 2 aromatic rings. The Morgan fingerprint density at radius 2 is 2.10 bits per heavy atom. The number of carbonyl (C=O) groups is 1. The summed E-state index contributed by atoms with van der Waals surface area (Å²) in [6.45, 7) is 3.89. The molecule has 0 radical (unpaired) electrons. The molecule has 0 aliphatic heterocycles. The molecule has 106 valence electrons. The molecule has 1 aromatic heterocycles. The monoisotopic (exact) mass is 289 g/mol. The summed E-state index contributed by atoms with van der Waals surface area (Å²) in [5, 5.41) is 5.95. The van der Waals surface area contributed by atoms with E-state index in [0.717, 1.165) is 22.0 Å². The second-order valence-corrected chi connectivity index (χ2v) is 5.96. The molecule has 0 aliphatic carbocycles. The minimum absolute atomic E-state index is 0.000414. The molecule has 1 amide bonds. The van der Waals surface area contributed by atoms with Crippen LogP contribution in [-0.2, 0) is 4.79 Å². The molecule has 1 unspecified atom stereocenters. The average molecular weight is 289 g/mol. The molecule has 3 N–H and O–H groups in total. The molecule has 0 fully saturated rings. The van der Waals surface area contributed by atoms with Crippen molar-refractivity contribution in [2.45, 2.75) is 32.7 Å². The number of aromatic nitrogens is 1. The summed E-state index contributed by atoms with van der Waals surface area (Å²) in [4.78, 5) is 16.1. The zero-order chi connectivity index (χ0) is 14.5. The van der Waals surface area contributed by atoms with Crippen LogP contribution in [0.3, 0.4) is 0 Å². The van der Waals surface area contributed by atoms with E-state index in [-0.39, 0.29) is 11.9 Å². The van der Waals surface area contributed by atoms with Gasteiger partial charge in [-0.3, -0.25) is 4.79 Å². The highest BCUT2D eigenvalue weighted by Crippen LogP contribution is 2.23. The van der Waals surface area contributed by atoms with Crippen molar-refractivity contribution in [1.29, 1.82) is 0 Å². The Balaban J connectivity index is 1.96. The zero-order valence-electron chi connectivity index (χ0n) is 11.7. The predicted octanol–water partition coefficient (Wildman–Crippen LogP) is 3.18. The number of hydrogen-bond acceptors (Lipinski definition) is 4. The highest BCUT2D eigenvalue weighted by atomic mass is 32.1. The zero-order valence-corrected chi connectivity index (χ0v) is 12.5. The van der Waals surface area contributed by atoms with Crippen molar-refractivity contribution in [2.75, 3.05) is 5.32 Å². The van der Waals surface area contributed by atoms with Crippen LogP contribution >= 0.6 is 11.3 Å². The Bertz CT molecular complexity index is 575. The molecule has 5 heteroatoms. The first-order chi connectivity index (χ1) is 9.54. The molecule has 4 nitrogen and oxygen atoms in total. The Kier molecular flexibility index (Phi) is 4.87. The largest absolute Gasteiger partial charge is 0.328 e. The highest BCUT2D eigenvalue weighted by molar-refractivity contribution is 7.09. The molecule has 0 aliphatic rings. The summed E-state index contributed by atoms with van der Waals surface area (Å²) < 4.78 is 0. The topological polar surface area (TPSA) is 68.0 Å². The van der Waals surface area contributed by atoms with Crippen molar-refractivity contribution in [3.63, 3.8) is 0 Å². The van der Waals surface area contributed by atoms with E-state index >= 15 is 0 Å². The number of nitrogens with two attached hydrogens (primary N) is 1. The third kappa shape index (κ3) is 4.15. The van der Waals surface area contributed by atoms with Crippen LogP contribution in [0.2, 0.25) is 0 Å². The molecule has 0 saturated carbocycles. The van der Waals surface area contributed by atoms with Crippen LogP contribution in [0.5, 0.6) is 0 Å². The third-order valence-electron chi connectivity index (χ3n) is 2.91. The molecule has 1 heterocycles. The van der Waals surface area contributed by atoms with Crippen LogP contribution in [0.4, 0.5) is 5.69 Å². The van der Waals surface area contributed by atoms with Crippen LogP contribution < -0.4 is 11.1 Å². The van der Waals surface area contributed by atoms with E-state index in [0.29, 0.717) is 12.8 Å². The van der Waals surface area contributed by atoms with Crippen molar-refractivity contribution in [2.24, 2.45) is 5.73 Å². The van der Waals surface area contributed by atoms with Gasteiger partial charge in [-0.25, -0.2) is 4.98 Å². The first kappa shape index (κ1) is 14.7. The minimum atomic E-state index is -0.000414. The first-order valence-electron chi connectivity index (χ1n) is 6.62. The van der Waals surface area contributed by atoms with E-state index in [1.807, 2.05) is 43.5 Å². The molecule has 0 bridgehead atoms. The van der Waals surface area contributed by atoms with Crippen LogP contribution in [0, 0.1) is 6.92 Å². The molecule has 0 spiro atoms. The standard InChI is InChI=1S/C15H19N3OS/c1-10(16)3-8-15(19)18-13-6-4-12(5-7-13)14-9-20-11(2)17-14/h4-7,9-10H,3,8,16H2,1-2H3,(H,18,19). The van der Waals surface area contributed by atoms with Gasteiger partial charge in [0.05, 0.1) is 10.7 Å². The summed E-state index contributed by atoms with van der Waals surface area (Å²) in [5.41, 5.74) is 8.47. The van der Waals surface area contributed by atoms with Crippen LogP contribution in [0.15, 0.2) is 29.6 Å². The van der Waals surface area contributed by atoms with Crippen molar-refractivity contribution < 1.29 is 4.79 Å². The van der Waals surface area contributed by atoms with Gasteiger partial charge in [0.15, 0.2) is 0 Å². The fraction of sp³-hybridized carbons (Fsp3) is 0.333. The fourth-order valence-electron chi connectivity index (χ4n) is 1.80. The average Bonchev–Trinajstić information content (AvgIpc) is 2.84. The lowest BCUT2D eigenvalue weighted by Crippen LogP contribution is -2.19. The third-order valence-corrected chi connectivity index (χ3v) is 3.68. The maximum absolute atomic E-state index is 11.7. The number of rotatable bonds is 5. The van der Waals surface area contributed by atoms with Gasteiger partial charge in [0, 0.05) is 29.1 Å². The molecule has 1 atom stereocenters. The maximum Gasteiger partial charge on any atom is 0.224 e. The Morgan fingerprint density at radius 3 is 2.65 bits per heavy atom. The van der Waals surface area contributed by atoms with Gasteiger partial charge >= 0.3 is 0 Å². The quantitative estimate of drug-likeness (QED) is 0.888. The molecule has 2 rings (SSSR count). The lowest BCUT2D eigenvalue weighted by molar-refractivity contribution is -0.116.